The monoisotopic (exact) mass is 643 g/mol. The van der Waals surface area contributed by atoms with Crippen molar-refractivity contribution in [3.63, 3.8) is 0 Å². The highest BCUT2D eigenvalue weighted by Crippen LogP contribution is 2.41. The van der Waals surface area contributed by atoms with E-state index in [4.69, 9.17) is 4.74 Å². The van der Waals surface area contributed by atoms with Crippen LogP contribution in [0.25, 0.3) is 10.9 Å². The summed E-state index contributed by atoms with van der Waals surface area (Å²) in [7, 11) is 2.93. The molecule has 238 valence electrons. The van der Waals surface area contributed by atoms with E-state index >= 15 is 0 Å². The minimum absolute atomic E-state index is 0.000990. The number of ether oxygens (including phenoxy) is 1. The Balaban J connectivity index is 1.47. The van der Waals surface area contributed by atoms with Crippen molar-refractivity contribution in [2.24, 2.45) is 7.05 Å². The molecule has 5 aromatic rings. The predicted octanol–water partition coefficient (Wildman–Crippen LogP) is 4.17. The molecule has 0 saturated heterocycles. The number of hydrogen-bond acceptors (Lipinski definition) is 9. The van der Waals surface area contributed by atoms with Gasteiger partial charge in [-0.2, -0.15) is 31.6 Å². The van der Waals surface area contributed by atoms with Crippen LogP contribution in [0.2, 0.25) is 0 Å². The second-order valence-corrected chi connectivity index (χ2v) is 10.6. The molecule has 1 atom stereocenters. The predicted molar refractivity (Wildman–Crippen MR) is 147 cm³/mol. The summed E-state index contributed by atoms with van der Waals surface area (Å²) < 4.78 is 88.9. The second kappa shape index (κ2) is 11.1. The van der Waals surface area contributed by atoms with Crippen LogP contribution in [-0.2, 0) is 44.6 Å². The molecule has 4 aromatic heterocycles. The summed E-state index contributed by atoms with van der Waals surface area (Å²) in [4.78, 5) is 13.8. The maximum atomic E-state index is 13.7. The number of benzene rings is 1. The van der Waals surface area contributed by atoms with Gasteiger partial charge >= 0.3 is 12.4 Å². The lowest BCUT2D eigenvalue weighted by Gasteiger charge is -2.31. The van der Waals surface area contributed by atoms with E-state index in [0.717, 1.165) is 16.8 Å². The normalized spacial score (nSPS) is 15.4. The van der Waals surface area contributed by atoms with Crippen molar-refractivity contribution in [1.82, 2.24) is 39.2 Å². The van der Waals surface area contributed by atoms with Crippen LogP contribution in [0.15, 0.2) is 49.1 Å². The van der Waals surface area contributed by atoms with Crippen LogP contribution in [0.4, 0.5) is 26.3 Å². The van der Waals surface area contributed by atoms with Crippen LogP contribution in [0.3, 0.4) is 0 Å². The first-order valence-corrected chi connectivity index (χ1v) is 13.6. The lowest BCUT2D eigenvalue weighted by molar-refractivity contribution is -0.148. The zero-order valence-electron chi connectivity index (χ0n) is 24.1. The number of rotatable bonds is 6. The van der Waals surface area contributed by atoms with Gasteiger partial charge in [0.1, 0.15) is 17.6 Å². The quantitative estimate of drug-likeness (QED) is 0.271. The van der Waals surface area contributed by atoms with E-state index in [1.165, 1.54) is 48.5 Å². The number of alkyl halides is 6. The van der Waals surface area contributed by atoms with Gasteiger partial charge in [0.25, 0.3) is 0 Å². The highest BCUT2D eigenvalue weighted by molar-refractivity contribution is 5.88. The molecule has 0 spiro atoms. The molecule has 1 aromatic carbocycles. The van der Waals surface area contributed by atoms with E-state index < -0.39 is 29.5 Å². The summed E-state index contributed by atoms with van der Waals surface area (Å²) in [6.45, 7) is 0.165. The summed E-state index contributed by atoms with van der Waals surface area (Å²) in [6, 6.07) is 8.61. The molecule has 1 aliphatic rings. The molecular weight excluding hydrogens is 620 g/mol. The SMILES string of the molecule is COc1nc2ccc(C(O)(c3ccnc(C(F)(F)F)c3)c3cncn3C)cc2c(C#N)c1CN1CCn2c(nnc2C(F)(F)F)C1. The van der Waals surface area contributed by atoms with E-state index in [9.17, 15) is 36.7 Å². The van der Waals surface area contributed by atoms with Gasteiger partial charge in [-0.3, -0.25) is 9.88 Å². The Morgan fingerprint density at radius 2 is 1.78 bits per heavy atom. The molecule has 11 nitrogen and oxygen atoms in total. The fourth-order valence-electron chi connectivity index (χ4n) is 5.70. The molecule has 6 rings (SSSR count). The summed E-state index contributed by atoms with van der Waals surface area (Å²) in [5, 5.41) is 29.9. The highest BCUT2D eigenvalue weighted by Gasteiger charge is 2.41. The molecule has 0 amide bonds. The largest absolute Gasteiger partial charge is 0.481 e. The van der Waals surface area contributed by atoms with Gasteiger partial charge in [0.05, 0.1) is 43.0 Å². The first-order valence-electron chi connectivity index (χ1n) is 13.6. The van der Waals surface area contributed by atoms with Gasteiger partial charge in [0.2, 0.25) is 11.7 Å². The van der Waals surface area contributed by atoms with Crippen LogP contribution in [0, 0.1) is 11.3 Å². The number of nitrogens with zero attached hydrogens (tertiary/aromatic N) is 9. The molecule has 17 heteroatoms. The van der Waals surface area contributed by atoms with Gasteiger partial charge in [-0.15, -0.1) is 10.2 Å². The number of aryl methyl sites for hydroxylation is 1. The Hall–Kier alpha value is -5.08. The summed E-state index contributed by atoms with van der Waals surface area (Å²) in [5.41, 5.74) is -2.55. The molecule has 0 fully saturated rings. The molecule has 46 heavy (non-hydrogen) atoms. The lowest BCUT2D eigenvalue weighted by atomic mass is 9.82. The Kier molecular flexibility index (Phi) is 7.44. The number of imidazole rings is 1. The molecule has 0 aliphatic carbocycles. The Labute approximate surface area is 256 Å². The van der Waals surface area contributed by atoms with Gasteiger partial charge in [-0.1, -0.05) is 6.07 Å². The first-order chi connectivity index (χ1) is 21.7. The summed E-state index contributed by atoms with van der Waals surface area (Å²) >= 11 is 0. The van der Waals surface area contributed by atoms with Crippen LogP contribution in [-0.4, -0.2) is 57.9 Å². The van der Waals surface area contributed by atoms with Gasteiger partial charge in [0.15, 0.2) is 5.60 Å². The second-order valence-electron chi connectivity index (χ2n) is 10.6. The van der Waals surface area contributed by atoms with E-state index in [1.54, 1.807) is 11.9 Å². The Morgan fingerprint density at radius 3 is 2.43 bits per heavy atom. The third kappa shape index (κ3) is 5.18. The average Bonchev–Trinajstić information content (AvgIpc) is 3.66. The smallest absolute Gasteiger partial charge is 0.451 e. The minimum atomic E-state index is -4.79. The maximum Gasteiger partial charge on any atom is 0.451 e. The molecule has 0 bridgehead atoms. The highest BCUT2D eigenvalue weighted by atomic mass is 19.4. The van der Waals surface area contributed by atoms with Crippen molar-refractivity contribution in [2.45, 2.75) is 37.6 Å². The number of halogens is 6. The van der Waals surface area contributed by atoms with Crippen LogP contribution >= 0.6 is 0 Å². The number of aromatic nitrogens is 7. The molecule has 0 saturated carbocycles. The molecule has 5 heterocycles. The van der Waals surface area contributed by atoms with Crippen LogP contribution < -0.4 is 4.74 Å². The fraction of sp³-hybridized carbons (Fsp3) is 0.310. The molecule has 1 N–H and O–H groups in total. The van der Waals surface area contributed by atoms with Crippen molar-refractivity contribution < 1.29 is 36.2 Å². The Morgan fingerprint density at radius 1 is 1.02 bits per heavy atom. The van der Waals surface area contributed by atoms with Crippen molar-refractivity contribution in [2.75, 3.05) is 13.7 Å². The van der Waals surface area contributed by atoms with Crippen molar-refractivity contribution in [1.29, 1.82) is 5.26 Å². The minimum Gasteiger partial charge on any atom is -0.481 e. The fourth-order valence-corrected chi connectivity index (χ4v) is 5.70. The van der Waals surface area contributed by atoms with Crippen molar-refractivity contribution >= 4 is 10.9 Å². The standard InChI is InChI=1S/C29H23F6N9O2/c1-42-15-37-12-23(42)27(45,17-5-6-38-22(10-17)28(30,31)32)16-3-4-21-18(9-16)19(11-36)20(25(39-21)46-2)13-43-7-8-44-24(14-43)40-41-26(44)29(33,34)35/h3-6,9-10,12,15,45H,7-8,13-14H2,1-2H3. The zero-order valence-corrected chi connectivity index (χ0v) is 24.1. The van der Waals surface area contributed by atoms with Crippen molar-refractivity contribution in [3.05, 3.63) is 94.3 Å². The van der Waals surface area contributed by atoms with Crippen LogP contribution in [0.5, 0.6) is 5.88 Å². The van der Waals surface area contributed by atoms with Gasteiger partial charge < -0.3 is 19.0 Å². The molecule has 0 radical (unpaired) electrons. The first kappa shape index (κ1) is 30.9. The van der Waals surface area contributed by atoms with E-state index in [0.29, 0.717) is 11.1 Å². The maximum absolute atomic E-state index is 13.7. The van der Waals surface area contributed by atoms with Gasteiger partial charge in [-0.25, -0.2) is 9.97 Å². The van der Waals surface area contributed by atoms with Crippen LogP contribution in [0.1, 0.15) is 45.3 Å². The van der Waals surface area contributed by atoms with E-state index in [2.05, 4.69) is 31.2 Å². The van der Waals surface area contributed by atoms with Gasteiger partial charge in [-0.05, 0) is 35.4 Å². The van der Waals surface area contributed by atoms with Gasteiger partial charge in [0, 0.05) is 43.8 Å². The number of aliphatic hydroxyl groups is 1. The third-order valence-electron chi connectivity index (χ3n) is 7.89. The molecular formula is C29H23F6N9O2. The number of methoxy groups -OCH3 is 1. The van der Waals surface area contributed by atoms with E-state index in [-0.39, 0.29) is 65.7 Å². The summed E-state index contributed by atoms with van der Waals surface area (Å²) in [6.07, 6.45) is -5.79. The summed E-state index contributed by atoms with van der Waals surface area (Å²) in [5.74, 6) is -0.885. The molecule has 1 aliphatic heterocycles. The van der Waals surface area contributed by atoms with Crippen molar-refractivity contribution in [3.8, 4) is 11.9 Å². The average molecular weight is 644 g/mol. The zero-order chi connectivity index (χ0) is 33.0. The lowest BCUT2D eigenvalue weighted by Crippen LogP contribution is -2.35. The third-order valence-corrected chi connectivity index (χ3v) is 7.89. The number of pyridine rings is 2. The number of hydrogen-bond donors (Lipinski definition) is 1. The molecule has 1 unspecified atom stereocenters. The van der Waals surface area contributed by atoms with E-state index in [1.807, 2.05) is 0 Å². The topological polar surface area (TPSA) is 131 Å². The number of fused-ring (bicyclic) bond motifs is 2. The number of nitriles is 1. The Bertz CT molecular complexity index is 2000.